The van der Waals surface area contributed by atoms with Crippen LogP contribution in [-0.2, 0) is 14.8 Å². The van der Waals surface area contributed by atoms with Crippen molar-refractivity contribution in [3.8, 4) is 6.07 Å². The number of para-hydroxylation sites is 1. The lowest BCUT2D eigenvalue weighted by atomic mass is 10.2. The standard InChI is InChI=1S/C13H16N2O4S/c1-4-10(9-14)20(17,18)15(2)12-8-6-5-7-11(12)13(16)19-3/h5-8,10H,4H2,1-3H3. The van der Waals surface area contributed by atoms with Gasteiger partial charge in [-0.25, -0.2) is 13.2 Å². The van der Waals surface area contributed by atoms with E-state index in [1.807, 2.05) is 0 Å². The average molecular weight is 296 g/mol. The van der Waals surface area contributed by atoms with Gasteiger partial charge < -0.3 is 4.74 Å². The number of rotatable bonds is 5. The summed E-state index contributed by atoms with van der Waals surface area (Å²) in [4.78, 5) is 11.7. The van der Waals surface area contributed by atoms with E-state index >= 15 is 0 Å². The third-order valence-electron chi connectivity index (χ3n) is 2.90. The van der Waals surface area contributed by atoms with Crippen LogP contribution in [0.4, 0.5) is 5.69 Å². The first-order valence-corrected chi connectivity index (χ1v) is 7.45. The van der Waals surface area contributed by atoms with Crippen molar-refractivity contribution in [1.82, 2.24) is 0 Å². The second-order valence-corrected chi connectivity index (χ2v) is 6.19. The number of ether oxygens (including phenoxy) is 1. The third-order valence-corrected chi connectivity index (χ3v) is 5.02. The van der Waals surface area contributed by atoms with Gasteiger partial charge in [0.05, 0.1) is 24.4 Å². The second kappa shape index (κ2) is 6.39. The summed E-state index contributed by atoms with van der Waals surface area (Å²) < 4.78 is 30.2. The molecule has 0 aliphatic heterocycles. The van der Waals surface area contributed by atoms with E-state index in [4.69, 9.17) is 5.26 Å². The first kappa shape index (κ1) is 16.0. The van der Waals surface area contributed by atoms with Gasteiger partial charge in [0.15, 0.2) is 5.25 Å². The molecule has 108 valence electrons. The second-order valence-electron chi connectivity index (χ2n) is 4.05. The van der Waals surface area contributed by atoms with Gasteiger partial charge in [-0.1, -0.05) is 19.1 Å². The molecule has 20 heavy (non-hydrogen) atoms. The van der Waals surface area contributed by atoms with Crippen LogP contribution in [0.3, 0.4) is 0 Å². The Hall–Kier alpha value is -2.07. The van der Waals surface area contributed by atoms with Crippen LogP contribution in [0.1, 0.15) is 23.7 Å². The van der Waals surface area contributed by atoms with Crippen LogP contribution < -0.4 is 4.31 Å². The summed E-state index contributed by atoms with van der Waals surface area (Å²) in [5, 5.41) is 7.78. The number of hydrogen-bond acceptors (Lipinski definition) is 5. The third kappa shape index (κ3) is 2.91. The molecule has 1 aromatic carbocycles. The monoisotopic (exact) mass is 296 g/mol. The fourth-order valence-electron chi connectivity index (χ4n) is 1.73. The molecule has 1 aromatic rings. The van der Waals surface area contributed by atoms with Crippen LogP contribution in [-0.4, -0.2) is 33.8 Å². The summed E-state index contributed by atoms with van der Waals surface area (Å²) in [6.07, 6.45) is 0.170. The average Bonchev–Trinajstić information content (AvgIpc) is 2.46. The number of sulfonamides is 1. The van der Waals surface area contributed by atoms with Crippen LogP contribution in [0.2, 0.25) is 0 Å². The molecule has 0 saturated heterocycles. The van der Waals surface area contributed by atoms with Gasteiger partial charge in [-0.3, -0.25) is 4.31 Å². The molecular weight excluding hydrogens is 280 g/mol. The Morgan fingerprint density at radius 3 is 2.55 bits per heavy atom. The van der Waals surface area contributed by atoms with Crippen molar-refractivity contribution >= 4 is 21.7 Å². The molecular formula is C13H16N2O4S. The summed E-state index contributed by atoms with van der Waals surface area (Å²) in [5.74, 6) is -0.632. The quantitative estimate of drug-likeness (QED) is 0.769. The molecule has 1 unspecified atom stereocenters. The number of benzene rings is 1. The maximum atomic E-state index is 12.3. The van der Waals surface area contributed by atoms with Gasteiger partial charge in [-0.2, -0.15) is 5.26 Å². The Kier molecular flexibility index (Phi) is 5.11. The van der Waals surface area contributed by atoms with Crippen molar-refractivity contribution in [3.05, 3.63) is 29.8 Å². The van der Waals surface area contributed by atoms with Crippen molar-refractivity contribution in [2.45, 2.75) is 18.6 Å². The van der Waals surface area contributed by atoms with Crippen molar-refractivity contribution < 1.29 is 17.9 Å². The van der Waals surface area contributed by atoms with Gasteiger partial charge in [0.1, 0.15) is 0 Å². The molecule has 0 fully saturated rings. The Bertz CT molecular complexity index is 634. The normalized spacial score (nSPS) is 12.3. The van der Waals surface area contributed by atoms with Crippen molar-refractivity contribution in [1.29, 1.82) is 5.26 Å². The van der Waals surface area contributed by atoms with E-state index in [9.17, 15) is 13.2 Å². The Balaban J connectivity index is 3.33. The number of carbonyl (C=O) groups is 1. The van der Waals surface area contributed by atoms with Crippen LogP contribution in [0, 0.1) is 11.3 Å². The number of esters is 1. The van der Waals surface area contributed by atoms with Gasteiger partial charge in [-0.15, -0.1) is 0 Å². The SMILES string of the molecule is CCC(C#N)S(=O)(=O)N(C)c1ccccc1C(=O)OC. The van der Waals surface area contributed by atoms with Crippen LogP contribution in [0.25, 0.3) is 0 Å². The molecule has 0 amide bonds. The molecule has 7 heteroatoms. The Labute approximate surface area is 118 Å². The fourth-order valence-corrected chi connectivity index (χ4v) is 3.10. The zero-order valence-electron chi connectivity index (χ0n) is 11.5. The van der Waals surface area contributed by atoms with Gasteiger partial charge in [0, 0.05) is 7.05 Å². The minimum atomic E-state index is -3.85. The highest BCUT2D eigenvalue weighted by atomic mass is 32.2. The van der Waals surface area contributed by atoms with Crippen molar-refractivity contribution in [2.75, 3.05) is 18.5 Å². The molecule has 0 heterocycles. The zero-order chi connectivity index (χ0) is 15.3. The minimum absolute atomic E-state index is 0.133. The molecule has 0 saturated carbocycles. The van der Waals surface area contributed by atoms with Gasteiger partial charge in [0.2, 0.25) is 0 Å². The lowest BCUT2D eigenvalue weighted by molar-refractivity contribution is 0.0601. The van der Waals surface area contributed by atoms with E-state index in [1.54, 1.807) is 25.1 Å². The van der Waals surface area contributed by atoms with E-state index in [1.165, 1.54) is 26.3 Å². The van der Waals surface area contributed by atoms with Gasteiger partial charge >= 0.3 is 5.97 Å². The van der Waals surface area contributed by atoms with Crippen LogP contribution in [0.5, 0.6) is 0 Å². The predicted molar refractivity (Wildman–Crippen MR) is 74.8 cm³/mol. The molecule has 0 aliphatic rings. The topological polar surface area (TPSA) is 87.5 Å². The summed E-state index contributed by atoms with van der Waals surface area (Å²) >= 11 is 0. The summed E-state index contributed by atoms with van der Waals surface area (Å²) in [5.41, 5.74) is 0.321. The number of anilines is 1. The molecule has 0 radical (unpaired) electrons. The highest BCUT2D eigenvalue weighted by Gasteiger charge is 2.30. The number of hydrogen-bond donors (Lipinski definition) is 0. The zero-order valence-corrected chi connectivity index (χ0v) is 12.3. The summed E-state index contributed by atoms with van der Waals surface area (Å²) in [7, 11) is -1.32. The van der Waals surface area contributed by atoms with E-state index < -0.39 is 21.2 Å². The van der Waals surface area contributed by atoms with Gasteiger partial charge in [-0.05, 0) is 18.6 Å². The molecule has 6 nitrogen and oxygen atoms in total. The van der Waals surface area contributed by atoms with E-state index in [0.717, 1.165) is 4.31 Å². The van der Waals surface area contributed by atoms with Crippen molar-refractivity contribution in [3.63, 3.8) is 0 Å². The number of nitrogens with zero attached hydrogens (tertiary/aromatic N) is 2. The van der Waals surface area contributed by atoms with E-state index in [-0.39, 0.29) is 17.7 Å². The van der Waals surface area contributed by atoms with Crippen molar-refractivity contribution in [2.24, 2.45) is 0 Å². The number of methoxy groups -OCH3 is 1. The lowest BCUT2D eigenvalue weighted by Gasteiger charge is -2.23. The van der Waals surface area contributed by atoms with Crippen LogP contribution in [0.15, 0.2) is 24.3 Å². The Morgan fingerprint density at radius 1 is 1.45 bits per heavy atom. The molecule has 0 N–H and O–H groups in total. The smallest absolute Gasteiger partial charge is 0.340 e. The summed E-state index contributed by atoms with van der Waals surface area (Å²) in [6.45, 7) is 1.62. The largest absolute Gasteiger partial charge is 0.465 e. The van der Waals surface area contributed by atoms with E-state index in [2.05, 4.69) is 4.74 Å². The first-order chi connectivity index (χ1) is 9.39. The van der Waals surface area contributed by atoms with Crippen LogP contribution >= 0.6 is 0 Å². The molecule has 0 aromatic heterocycles. The molecule has 0 spiro atoms. The van der Waals surface area contributed by atoms with E-state index in [0.29, 0.717) is 0 Å². The highest BCUT2D eigenvalue weighted by molar-refractivity contribution is 7.93. The number of carbonyl (C=O) groups excluding carboxylic acids is 1. The maximum Gasteiger partial charge on any atom is 0.340 e. The molecule has 1 rings (SSSR count). The predicted octanol–water partition coefficient (Wildman–Crippen LogP) is 1.54. The minimum Gasteiger partial charge on any atom is -0.465 e. The fraction of sp³-hybridized carbons (Fsp3) is 0.385. The molecule has 0 aliphatic carbocycles. The lowest BCUT2D eigenvalue weighted by Crippen LogP contribution is -2.36. The Morgan fingerprint density at radius 2 is 2.05 bits per heavy atom. The highest BCUT2D eigenvalue weighted by Crippen LogP contribution is 2.24. The molecule has 1 atom stereocenters. The maximum absolute atomic E-state index is 12.3. The van der Waals surface area contributed by atoms with Gasteiger partial charge in [0.25, 0.3) is 10.0 Å². The number of nitriles is 1. The molecule has 0 bridgehead atoms. The summed E-state index contributed by atoms with van der Waals surface area (Å²) in [6, 6.07) is 7.95. The first-order valence-electron chi connectivity index (χ1n) is 5.94.